The Kier molecular flexibility index (Phi) is 4.72. The van der Waals surface area contributed by atoms with E-state index >= 15 is 0 Å². The summed E-state index contributed by atoms with van der Waals surface area (Å²) in [6.07, 6.45) is -2.25. The monoisotopic (exact) mass is 304 g/mol. The standard InChI is InChI=1S/C13H12F4N2S/c14-11-2-1-9(7-10(11)13(15,16)17)8-18-4-3-12-19-5-6-20-12/h1-2,5-7,18H,3-4,8H2. The van der Waals surface area contributed by atoms with E-state index in [1.54, 1.807) is 6.20 Å². The summed E-state index contributed by atoms with van der Waals surface area (Å²) in [6.45, 7) is 0.862. The van der Waals surface area contributed by atoms with E-state index in [9.17, 15) is 17.6 Å². The first-order valence-electron chi connectivity index (χ1n) is 5.91. The van der Waals surface area contributed by atoms with Crippen LogP contribution in [0.3, 0.4) is 0 Å². The summed E-state index contributed by atoms with van der Waals surface area (Å²) >= 11 is 1.53. The zero-order valence-corrected chi connectivity index (χ0v) is 11.2. The molecule has 0 aliphatic rings. The predicted octanol–water partition coefficient (Wildman–Crippen LogP) is 3.63. The van der Waals surface area contributed by atoms with Crippen LogP contribution in [0.15, 0.2) is 29.8 Å². The molecule has 0 aliphatic heterocycles. The van der Waals surface area contributed by atoms with Crippen LogP contribution in [0.4, 0.5) is 17.6 Å². The van der Waals surface area contributed by atoms with Gasteiger partial charge in [-0.05, 0) is 17.7 Å². The number of alkyl halides is 3. The molecule has 1 aromatic carbocycles. The molecule has 2 nitrogen and oxygen atoms in total. The second-order valence-corrected chi connectivity index (χ2v) is 5.14. The fourth-order valence-corrected chi connectivity index (χ4v) is 2.32. The predicted molar refractivity (Wildman–Crippen MR) is 68.9 cm³/mol. The van der Waals surface area contributed by atoms with E-state index in [1.165, 1.54) is 17.4 Å². The van der Waals surface area contributed by atoms with Crippen molar-refractivity contribution in [2.75, 3.05) is 6.54 Å². The SMILES string of the molecule is Fc1ccc(CNCCc2nccs2)cc1C(F)(F)F. The average Bonchev–Trinajstić information content (AvgIpc) is 2.88. The van der Waals surface area contributed by atoms with E-state index < -0.39 is 17.6 Å². The molecular weight excluding hydrogens is 292 g/mol. The minimum absolute atomic E-state index is 0.259. The molecule has 1 aromatic heterocycles. The molecule has 0 saturated heterocycles. The number of rotatable bonds is 5. The molecule has 0 fully saturated rings. The molecular formula is C13H12F4N2S. The first-order chi connectivity index (χ1) is 9.47. The highest BCUT2D eigenvalue weighted by molar-refractivity contribution is 7.09. The third-order valence-corrected chi connectivity index (χ3v) is 3.50. The number of benzene rings is 1. The largest absolute Gasteiger partial charge is 0.419 e. The Morgan fingerprint density at radius 1 is 1.25 bits per heavy atom. The van der Waals surface area contributed by atoms with Crippen molar-refractivity contribution in [2.24, 2.45) is 0 Å². The Balaban J connectivity index is 1.90. The van der Waals surface area contributed by atoms with Crippen LogP contribution in [0.25, 0.3) is 0 Å². The van der Waals surface area contributed by atoms with Gasteiger partial charge in [-0.2, -0.15) is 13.2 Å². The Labute approximate surface area is 117 Å². The van der Waals surface area contributed by atoms with Crippen molar-refractivity contribution in [2.45, 2.75) is 19.1 Å². The lowest BCUT2D eigenvalue weighted by Gasteiger charge is -2.10. The Morgan fingerprint density at radius 2 is 2.05 bits per heavy atom. The number of thiazole rings is 1. The van der Waals surface area contributed by atoms with Crippen LogP contribution in [-0.4, -0.2) is 11.5 Å². The van der Waals surface area contributed by atoms with E-state index in [-0.39, 0.29) is 6.54 Å². The summed E-state index contributed by atoms with van der Waals surface area (Å²) < 4.78 is 50.7. The molecule has 0 aliphatic carbocycles. The maximum absolute atomic E-state index is 13.1. The Morgan fingerprint density at radius 3 is 2.70 bits per heavy atom. The minimum atomic E-state index is -4.67. The van der Waals surface area contributed by atoms with Gasteiger partial charge in [0, 0.05) is 31.1 Å². The fraction of sp³-hybridized carbons (Fsp3) is 0.308. The molecule has 108 valence electrons. The van der Waals surface area contributed by atoms with Gasteiger partial charge in [-0.1, -0.05) is 6.07 Å². The quantitative estimate of drug-likeness (QED) is 0.674. The smallest absolute Gasteiger partial charge is 0.312 e. The first kappa shape index (κ1) is 14.9. The van der Waals surface area contributed by atoms with Crippen molar-refractivity contribution in [3.63, 3.8) is 0 Å². The molecule has 0 amide bonds. The summed E-state index contributed by atoms with van der Waals surface area (Å²) in [6, 6.07) is 3.04. The van der Waals surface area contributed by atoms with Crippen LogP contribution in [0.2, 0.25) is 0 Å². The van der Waals surface area contributed by atoms with Gasteiger partial charge in [0.05, 0.1) is 10.6 Å². The van der Waals surface area contributed by atoms with E-state index in [2.05, 4.69) is 10.3 Å². The molecule has 2 rings (SSSR count). The van der Waals surface area contributed by atoms with Gasteiger partial charge in [-0.15, -0.1) is 11.3 Å². The lowest BCUT2D eigenvalue weighted by molar-refractivity contribution is -0.140. The van der Waals surface area contributed by atoms with Crippen molar-refractivity contribution < 1.29 is 17.6 Å². The fourth-order valence-electron chi connectivity index (χ4n) is 1.70. The minimum Gasteiger partial charge on any atom is -0.312 e. The van der Waals surface area contributed by atoms with E-state index in [4.69, 9.17) is 0 Å². The van der Waals surface area contributed by atoms with E-state index in [1.807, 2.05) is 5.38 Å². The molecule has 0 spiro atoms. The van der Waals surface area contributed by atoms with Gasteiger partial charge < -0.3 is 5.32 Å². The molecule has 0 unspecified atom stereocenters. The number of aromatic nitrogens is 1. The number of hydrogen-bond acceptors (Lipinski definition) is 3. The molecule has 7 heteroatoms. The number of halogens is 4. The summed E-state index contributed by atoms with van der Waals surface area (Å²) in [5.74, 6) is -1.25. The Hall–Kier alpha value is -1.47. The maximum Gasteiger partial charge on any atom is 0.419 e. The van der Waals surface area contributed by atoms with Gasteiger partial charge in [-0.3, -0.25) is 0 Å². The van der Waals surface area contributed by atoms with Crippen molar-refractivity contribution in [1.82, 2.24) is 10.3 Å². The van der Waals surface area contributed by atoms with Gasteiger partial charge in [0.15, 0.2) is 0 Å². The number of nitrogens with one attached hydrogen (secondary N) is 1. The maximum atomic E-state index is 13.1. The van der Waals surface area contributed by atoms with Crippen LogP contribution in [0.5, 0.6) is 0 Å². The van der Waals surface area contributed by atoms with Crippen molar-refractivity contribution >= 4 is 11.3 Å². The second-order valence-electron chi connectivity index (χ2n) is 4.16. The molecule has 1 heterocycles. The first-order valence-corrected chi connectivity index (χ1v) is 6.79. The average molecular weight is 304 g/mol. The summed E-state index contributed by atoms with van der Waals surface area (Å²) in [4.78, 5) is 4.10. The highest BCUT2D eigenvalue weighted by atomic mass is 32.1. The van der Waals surface area contributed by atoms with E-state index in [0.717, 1.165) is 17.1 Å². The molecule has 0 radical (unpaired) electrons. The summed E-state index contributed by atoms with van der Waals surface area (Å²) in [5, 5.41) is 5.85. The van der Waals surface area contributed by atoms with Crippen LogP contribution in [0, 0.1) is 5.82 Å². The van der Waals surface area contributed by atoms with Crippen LogP contribution in [0.1, 0.15) is 16.1 Å². The highest BCUT2D eigenvalue weighted by Crippen LogP contribution is 2.31. The van der Waals surface area contributed by atoms with Crippen molar-refractivity contribution in [3.8, 4) is 0 Å². The molecule has 0 atom stereocenters. The van der Waals surface area contributed by atoms with Crippen LogP contribution >= 0.6 is 11.3 Å². The van der Waals surface area contributed by atoms with Gasteiger partial charge in [0.25, 0.3) is 0 Å². The third-order valence-electron chi connectivity index (χ3n) is 2.66. The van der Waals surface area contributed by atoms with Gasteiger partial charge in [0.2, 0.25) is 0 Å². The zero-order valence-electron chi connectivity index (χ0n) is 10.4. The molecule has 2 aromatic rings. The van der Waals surface area contributed by atoms with Gasteiger partial charge >= 0.3 is 6.18 Å². The normalized spacial score (nSPS) is 11.8. The molecule has 0 bridgehead atoms. The number of hydrogen-bond donors (Lipinski definition) is 1. The summed E-state index contributed by atoms with van der Waals surface area (Å²) in [5.41, 5.74) is -0.824. The van der Waals surface area contributed by atoms with Crippen LogP contribution < -0.4 is 5.32 Å². The van der Waals surface area contributed by atoms with Gasteiger partial charge in [-0.25, -0.2) is 9.37 Å². The van der Waals surface area contributed by atoms with E-state index in [0.29, 0.717) is 18.5 Å². The van der Waals surface area contributed by atoms with Crippen molar-refractivity contribution in [3.05, 3.63) is 51.7 Å². The summed E-state index contributed by atoms with van der Waals surface area (Å²) in [7, 11) is 0. The second kappa shape index (κ2) is 6.32. The Bertz CT molecular complexity index is 552. The zero-order chi connectivity index (χ0) is 14.6. The third kappa shape index (κ3) is 4.01. The van der Waals surface area contributed by atoms with Crippen LogP contribution in [-0.2, 0) is 19.1 Å². The highest BCUT2D eigenvalue weighted by Gasteiger charge is 2.34. The lowest BCUT2D eigenvalue weighted by Crippen LogP contribution is -2.17. The van der Waals surface area contributed by atoms with Gasteiger partial charge in [0.1, 0.15) is 5.82 Å². The number of nitrogens with zero attached hydrogens (tertiary/aromatic N) is 1. The lowest BCUT2D eigenvalue weighted by atomic mass is 10.1. The molecule has 1 N–H and O–H groups in total. The molecule has 20 heavy (non-hydrogen) atoms. The van der Waals surface area contributed by atoms with Crippen molar-refractivity contribution in [1.29, 1.82) is 0 Å². The molecule has 0 saturated carbocycles. The topological polar surface area (TPSA) is 24.9 Å².